The summed E-state index contributed by atoms with van der Waals surface area (Å²) < 4.78 is 94.2. The lowest BCUT2D eigenvalue weighted by Gasteiger charge is -2.35. The molecule has 8 aromatic rings. The van der Waals surface area contributed by atoms with E-state index in [1.165, 1.54) is 34.8 Å². The van der Waals surface area contributed by atoms with Crippen molar-refractivity contribution < 1.29 is 55.6 Å². The van der Waals surface area contributed by atoms with E-state index < -0.39 is 45.2 Å². The summed E-state index contributed by atoms with van der Waals surface area (Å²) in [5.74, 6) is 0.536. The van der Waals surface area contributed by atoms with Crippen molar-refractivity contribution >= 4 is 60.4 Å². The zero-order valence-electron chi connectivity index (χ0n) is 50.1. The number of benzene rings is 5. The molecule has 21 nitrogen and oxygen atoms in total. The molecule has 0 saturated carbocycles. The predicted molar refractivity (Wildman–Crippen MR) is 328 cm³/mol. The number of fused-ring (bicyclic) bond motifs is 6. The first-order valence-electron chi connectivity index (χ1n) is 29.9. The lowest BCUT2D eigenvalue weighted by atomic mass is 9.86. The molecule has 464 valence electrons. The van der Waals surface area contributed by atoms with Crippen molar-refractivity contribution in [1.29, 1.82) is 0 Å². The van der Waals surface area contributed by atoms with E-state index in [1.807, 2.05) is 56.1 Å². The molecule has 0 spiro atoms. The minimum absolute atomic E-state index is 0.0330. The molecule has 0 aliphatic carbocycles. The summed E-state index contributed by atoms with van der Waals surface area (Å²) in [6.07, 6.45) is 9.91. The molecular weight excluding hydrogens is 1160 g/mol. The Morgan fingerprint density at radius 2 is 1.79 bits per heavy atom. The Morgan fingerprint density at radius 1 is 0.978 bits per heavy atom. The number of amides is 1. The van der Waals surface area contributed by atoms with Gasteiger partial charge < -0.3 is 44.3 Å². The van der Waals surface area contributed by atoms with Crippen LogP contribution >= 0.6 is 0 Å². The van der Waals surface area contributed by atoms with E-state index in [9.17, 15) is 23.1 Å². The third kappa shape index (κ3) is 12.0. The number of aromatic hydroxyl groups is 1. The number of nitrogens with zero attached hydrogens (tertiary/aromatic N) is 9. The summed E-state index contributed by atoms with van der Waals surface area (Å²) in [5.41, 5.74) is 2.72. The first kappa shape index (κ1) is 60.7. The van der Waals surface area contributed by atoms with Crippen LogP contribution in [0, 0.1) is 30.9 Å². The fourth-order valence-electron chi connectivity index (χ4n) is 12.9. The van der Waals surface area contributed by atoms with Crippen LogP contribution in [0.3, 0.4) is 0 Å². The minimum Gasteiger partial charge on any atom is -0.508 e. The average molecular weight is 1230 g/mol. The normalized spacial score (nSPS) is 20.2. The Morgan fingerprint density at radius 3 is 2.56 bits per heavy atom. The van der Waals surface area contributed by atoms with Crippen LogP contribution in [0.4, 0.5) is 14.6 Å². The number of phenols is 1. The predicted octanol–water partition coefficient (Wildman–Crippen LogP) is 7.45. The number of sulfonamides is 1. The largest absolute Gasteiger partial charge is 0.508 e. The molecule has 24 heteroatoms. The van der Waals surface area contributed by atoms with Gasteiger partial charge in [-0.1, -0.05) is 47.5 Å². The van der Waals surface area contributed by atoms with Crippen LogP contribution in [0.1, 0.15) is 79.7 Å². The number of pyridine rings is 1. The number of nitrogens with one attached hydrogen (secondary N) is 2. The Bertz CT molecular complexity index is 4210. The number of esters is 1. The zero-order chi connectivity index (χ0) is 62.3. The highest BCUT2D eigenvalue weighted by atomic mass is 32.2. The van der Waals surface area contributed by atoms with Crippen LogP contribution in [-0.2, 0) is 42.7 Å². The van der Waals surface area contributed by atoms with Gasteiger partial charge in [-0.25, -0.2) is 21.9 Å². The maximum atomic E-state index is 17.4. The van der Waals surface area contributed by atoms with Crippen LogP contribution in [-0.4, -0.2) is 161 Å². The van der Waals surface area contributed by atoms with E-state index in [0.29, 0.717) is 77.2 Å². The molecular formula is C65H69F2N11O10S. The van der Waals surface area contributed by atoms with Crippen LogP contribution in [0.2, 0.25) is 0 Å². The van der Waals surface area contributed by atoms with Crippen molar-refractivity contribution in [3.8, 4) is 46.9 Å². The number of ether oxygens (including phenoxy) is 5. The molecule has 1 unspecified atom stereocenters. The number of piperazine rings is 1. The van der Waals surface area contributed by atoms with Crippen molar-refractivity contribution in [3.63, 3.8) is 0 Å². The molecule has 0 radical (unpaired) electrons. The van der Waals surface area contributed by atoms with E-state index in [1.54, 1.807) is 42.9 Å². The van der Waals surface area contributed by atoms with Gasteiger partial charge in [0.15, 0.2) is 5.82 Å². The Hall–Kier alpha value is -8.60. The highest BCUT2D eigenvalue weighted by Crippen LogP contribution is 2.42. The lowest BCUT2D eigenvalue weighted by Crippen LogP contribution is -2.58. The molecule has 89 heavy (non-hydrogen) atoms. The van der Waals surface area contributed by atoms with Gasteiger partial charge in [0.25, 0.3) is 0 Å². The van der Waals surface area contributed by atoms with Gasteiger partial charge in [0, 0.05) is 68.4 Å². The fourth-order valence-corrected chi connectivity index (χ4v) is 14.6. The number of phenolic OH excluding ortho intramolecular Hbond substituents is 1. The van der Waals surface area contributed by atoms with E-state index in [0.717, 1.165) is 29.5 Å². The third-order valence-electron chi connectivity index (χ3n) is 17.4. The molecule has 3 saturated heterocycles. The molecule has 3 N–H and O–H groups in total. The van der Waals surface area contributed by atoms with Gasteiger partial charge in [-0.3, -0.25) is 19.5 Å². The van der Waals surface area contributed by atoms with Crippen molar-refractivity contribution in [2.24, 2.45) is 7.05 Å². The van der Waals surface area contributed by atoms with Crippen molar-refractivity contribution in [1.82, 2.24) is 49.8 Å². The quantitative estimate of drug-likeness (QED) is 0.0381. The van der Waals surface area contributed by atoms with Gasteiger partial charge >= 0.3 is 12.0 Å². The Kier molecular flexibility index (Phi) is 17.1. The molecule has 5 aromatic carbocycles. The van der Waals surface area contributed by atoms with Gasteiger partial charge in [-0.2, -0.15) is 14.3 Å². The van der Waals surface area contributed by atoms with Gasteiger partial charge in [0.05, 0.1) is 43.7 Å². The van der Waals surface area contributed by atoms with Crippen molar-refractivity contribution in [2.75, 3.05) is 77.7 Å². The van der Waals surface area contributed by atoms with Gasteiger partial charge in [0.2, 0.25) is 15.9 Å². The van der Waals surface area contributed by atoms with E-state index in [4.69, 9.17) is 35.1 Å². The number of para-hydroxylation sites is 1. The summed E-state index contributed by atoms with van der Waals surface area (Å²) in [7, 11) is -0.337. The molecule has 4 aliphatic heterocycles. The number of anilines is 1. The molecule has 1 amide bonds. The van der Waals surface area contributed by atoms with Crippen molar-refractivity contribution in [2.45, 2.75) is 94.0 Å². The summed E-state index contributed by atoms with van der Waals surface area (Å²) in [6, 6.07) is 21.8. The number of terminal acetylenes is 1. The van der Waals surface area contributed by atoms with E-state index in [-0.39, 0.29) is 121 Å². The third-order valence-corrected chi connectivity index (χ3v) is 19.3. The van der Waals surface area contributed by atoms with Gasteiger partial charge in [-0.15, -0.1) is 11.5 Å². The van der Waals surface area contributed by atoms with Crippen LogP contribution < -0.4 is 29.7 Å². The van der Waals surface area contributed by atoms with Crippen LogP contribution in [0.5, 0.6) is 23.3 Å². The number of carbonyl (C=O) groups is 2. The van der Waals surface area contributed by atoms with Gasteiger partial charge in [-0.05, 0) is 130 Å². The molecule has 5 atom stereocenters. The van der Waals surface area contributed by atoms with Crippen molar-refractivity contribution in [3.05, 3.63) is 125 Å². The molecule has 2 bridgehead atoms. The molecule has 12 rings (SSSR count). The van der Waals surface area contributed by atoms with Gasteiger partial charge in [0.1, 0.15) is 80.9 Å². The maximum Gasteiger partial charge on any atom is 0.319 e. The molecule has 7 heterocycles. The first-order valence-corrected chi connectivity index (χ1v) is 31.3. The Labute approximate surface area is 513 Å². The highest BCUT2D eigenvalue weighted by Gasteiger charge is 2.47. The number of hydrogen-bond acceptors (Lipinski definition) is 18. The number of rotatable bonds is 20. The molecule has 3 fully saturated rings. The summed E-state index contributed by atoms with van der Waals surface area (Å²) >= 11 is 0. The topological polar surface area (TPSA) is 238 Å². The summed E-state index contributed by atoms with van der Waals surface area (Å²) in [5, 5.41) is 27.1. The lowest BCUT2D eigenvalue weighted by molar-refractivity contribution is -0.143. The summed E-state index contributed by atoms with van der Waals surface area (Å²) in [6.45, 7) is 8.03. The van der Waals surface area contributed by atoms with Crippen LogP contribution in [0.25, 0.3) is 44.0 Å². The van der Waals surface area contributed by atoms with E-state index in [2.05, 4.69) is 41.7 Å². The highest BCUT2D eigenvalue weighted by molar-refractivity contribution is 7.89. The Balaban J connectivity index is 0.734. The number of aryl methyl sites for hydroxylation is 2. The smallest absolute Gasteiger partial charge is 0.319 e. The molecule has 3 aromatic heterocycles. The minimum atomic E-state index is -3.94. The monoisotopic (exact) mass is 1230 g/mol. The number of likely N-dealkylation sites (tertiary alicyclic amines) is 1. The number of likely N-dealkylation sites (N-methyl/N-ethyl adjacent to an activating group) is 1. The average Bonchev–Trinajstić information content (AvgIpc) is 2.20. The SMILES string of the molecule is C#Cc1c(F)ccc2cc(O)cc(-c3ncc4c(N5C[C@H]6CC[C@@H](C5)N6)nc(OC[C@@]5(C(=O)NCCOCCOc6cc(C(CC(=O)OCC)c7ccc(C)c(CN8C[C@@H](C)Oc9ccccc9S8(=O)=O)c7)cc7nnn(C)c67)CCCN5C)nc4c3F)c12. The fraction of sp³-hybridized carbons (Fsp3) is 0.400. The number of halogens is 2. The second-order valence-corrected chi connectivity index (χ2v) is 25.2. The number of carbonyl (C=O) groups excluding carboxylic acids is 2. The number of aromatic nitrogens is 6. The zero-order valence-corrected chi connectivity index (χ0v) is 50.9. The standard InChI is InChI=1S/C65H69F2N11O10S/c1-7-47-51(66)19-16-41-27-46(79)30-49(57(41)47)59-58(67)60-50(32-69-59)62(77-35-44-17-18-45(36-77)70-44)72-64(71-60)87-37-65(20-11-22-75(65)5)63(81)68-21-23-84-24-25-86-54-29-42(28-52-61(54)76(6)74-73-52)48(31-56(80)85-8-2)40-15-14-38(3)43(26-40)34-78-33-39(4)88-53-12-9-10-13-55(53)89(78,82)83/h1,9-10,12-16,19,26-30,32,39,44-45,48,70,79H,8,11,17-18,20-25,31,33-37H2,2-6H3,(H,68,81)/t39-,44-,45+,48?,65-/m1/s1. The molecule has 4 aliphatic rings. The first-order chi connectivity index (χ1) is 42.9. The van der Waals surface area contributed by atoms with E-state index >= 15 is 8.78 Å². The number of hydrogen-bond donors (Lipinski definition) is 3. The second kappa shape index (κ2) is 25.1. The second-order valence-electron chi connectivity index (χ2n) is 23.3. The maximum absolute atomic E-state index is 17.4. The summed E-state index contributed by atoms with van der Waals surface area (Å²) in [4.78, 5) is 46.0. The van der Waals surface area contributed by atoms with Crippen LogP contribution in [0.15, 0.2) is 90.0 Å².